The Hall–Kier alpha value is -2.10. The van der Waals surface area contributed by atoms with Crippen molar-refractivity contribution in [2.75, 3.05) is 13.1 Å². The molecule has 0 aliphatic rings. The zero-order valence-electron chi connectivity index (χ0n) is 12.2. The Morgan fingerprint density at radius 1 is 1.30 bits per heavy atom. The van der Waals surface area contributed by atoms with Gasteiger partial charge in [0.15, 0.2) is 0 Å². The highest BCUT2D eigenvalue weighted by Crippen LogP contribution is 2.07. The third-order valence-corrected chi connectivity index (χ3v) is 3.10. The van der Waals surface area contributed by atoms with Crippen LogP contribution < -0.4 is 0 Å². The molecule has 0 radical (unpaired) electrons. The Balaban J connectivity index is 2.67. The van der Waals surface area contributed by atoms with E-state index in [1.807, 2.05) is 38.1 Å². The molecule has 4 nitrogen and oxygen atoms in total. The summed E-state index contributed by atoms with van der Waals surface area (Å²) < 4.78 is 0. The van der Waals surface area contributed by atoms with Crippen LogP contribution in [0, 0.1) is 12.8 Å². The predicted octanol–water partition coefficient (Wildman–Crippen LogP) is 2.58. The number of carbonyl (C=O) groups excluding carboxylic acids is 1. The molecular formula is C16H21NO3. The minimum absolute atomic E-state index is 0.166. The number of aliphatic carboxylic acids is 1. The van der Waals surface area contributed by atoms with E-state index in [1.165, 1.54) is 16.5 Å². The number of nitrogens with zero attached hydrogens (tertiary/aromatic N) is 1. The number of carboxylic acids is 1. The molecule has 0 saturated heterocycles. The topological polar surface area (TPSA) is 57.6 Å². The van der Waals surface area contributed by atoms with E-state index >= 15 is 0 Å². The van der Waals surface area contributed by atoms with Gasteiger partial charge in [-0.05, 0) is 25.5 Å². The van der Waals surface area contributed by atoms with Gasteiger partial charge in [0.25, 0.3) is 0 Å². The molecule has 1 unspecified atom stereocenters. The molecule has 0 aliphatic carbocycles. The van der Waals surface area contributed by atoms with Crippen LogP contribution in [0.4, 0.5) is 0 Å². The van der Waals surface area contributed by atoms with Crippen LogP contribution in [0.5, 0.6) is 0 Å². The first-order valence-electron chi connectivity index (χ1n) is 6.70. The van der Waals surface area contributed by atoms with Gasteiger partial charge in [-0.2, -0.15) is 0 Å². The van der Waals surface area contributed by atoms with Crippen molar-refractivity contribution < 1.29 is 14.7 Å². The summed E-state index contributed by atoms with van der Waals surface area (Å²) in [7, 11) is 0. The molecular weight excluding hydrogens is 254 g/mol. The molecule has 0 spiro atoms. The fourth-order valence-electron chi connectivity index (χ4n) is 1.73. The first kappa shape index (κ1) is 16.0. The summed E-state index contributed by atoms with van der Waals surface area (Å²) in [5.74, 6) is -1.62. The van der Waals surface area contributed by atoms with Crippen molar-refractivity contribution in [1.82, 2.24) is 4.90 Å². The highest BCUT2D eigenvalue weighted by Gasteiger charge is 2.17. The molecule has 20 heavy (non-hydrogen) atoms. The average Bonchev–Trinajstić information content (AvgIpc) is 2.43. The average molecular weight is 275 g/mol. The maximum absolute atomic E-state index is 12.0. The second-order valence-corrected chi connectivity index (χ2v) is 4.86. The van der Waals surface area contributed by atoms with Gasteiger partial charge in [-0.25, -0.2) is 0 Å². The standard InChI is InChI=1S/C16H21NO3/c1-4-17(11-13(3)16(19)20)15(18)10-9-14-7-5-12(2)6-8-14/h5-10,13H,4,11H2,1-3H3,(H,19,20). The molecule has 0 bridgehead atoms. The van der Waals surface area contributed by atoms with Gasteiger partial charge in [-0.1, -0.05) is 36.8 Å². The number of aryl methyl sites for hydroxylation is 1. The maximum atomic E-state index is 12.0. The first-order chi connectivity index (χ1) is 9.43. The van der Waals surface area contributed by atoms with Crippen molar-refractivity contribution >= 4 is 18.0 Å². The Morgan fingerprint density at radius 2 is 1.90 bits per heavy atom. The quantitative estimate of drug-likeness (QED) is 0.812. The van der Waals surface area contributed by atoms with Gasteiger partial charge in [0.1, 0.15) is 0 Å². The summed E-state index contributed by atoms with van der Waals surface area (Å²) >= 11 is 0. The number of benzene rings is 1. The van der Waals surface area contributed by atoms with Gasteiger partial charge >= 0.3 is 5.97 Å². The van der Waals surface area contributed by atoms with E-state index in [2.05, 4.69) is 0 Å². The third-order valence-electron chi connectivity index (χ3n) is 3.10. The van der Waals surface area contributed by atoms with E-state index in [-0.39, 0.29) is 12.5 Å². The zero-order chi connectivity index (χ0) is 15.1. The lowest BCUT2D eigenvalue weighted by Crippen LogP contribution is -2.35. The van der Waals surface area contributed by atoms with E-state index in [4.69, 9.17) is 5.11 Å². The number of hydrogen-bond acceptors (Lipinski definition) is 2. The van der Waals surface area contributed by atoms with Crippen LogP contribution in [0.25, 0.3) is 6.08 Å². The molecule has 0 fully saturated rings. The lowest BCUT2D eigenvalue weighted by Gasteiger charge is -2.21. The summed E-state index contributed by atoms with van der Waals surface area (Å²) in [6.45, 7) is 6.16. The van der Waals surface area contributed by atoms with Crippen LogP contribution in [-0.4, -0.2) is 35.0 Å². The monoisotopic (exact) mass is 275 g/mol. The van der Waals surface area contributed by atoms with Crippen LogP contribution in [0.1, 0.15) is 25.0 Å². The number of rotatable bonds is 6. The van der Waals surface area contributed by atoms with Crippen molar-refractivity contribution in [3.63, 3.8) is 0 Å². The Labute approximate surface area is 119 Å². The first-order valence-corrected chi connectivity index (χ1v) is 6.70. The van der Waals surface area contributed by atoms with Gasteiger partial charge in [0.05, 0.1) is 5.92 Å². The minimum atomic E-state index is -0.890. The third kappa shape index (κ3) is 4.88. The maximum Gasteiger partial charge on any atom is 0.308 e. The second kappa shape index (κ2) is 7.48. The van der Waals surface area contributed by atoms with Crippen LogP contribution in [-0.2, 0) is 9.59 Å². The van der Waals surface area contributed by atoms with Crippen molar-refractivity contribution in [3.8, 4) is 0 Å². The van der Waals surface area contributed by atoms with E-state index in [1.54, 1.807) is 13.0 Å². The molecule has 0 aromatic heterocycles. The summed E-state index contributed by atoms with van der Waals surface area (Å²) in [4.78, 5) is 24.4. The molecule has 0 aliphatic heterocycles. The van der Waals surface area contributed by atoms with E-state index in [9.17, 15) is 9.59 Å². The molecule has 108 valence electrons. The van der Waals surface area contributed by atoms with E-state index in [0.29, 0.717) is 6.54 Å². The molecule has 1 amide bonds. The summed E-state index contributed by atoms with van der Waals surface area (Å²) in [5.41, 5.74) is 2.12. The number of amides is 1. The molecule has 0 saturated carbocycles. The molecule has 1 aromatic rings. The van der Waals surface area contributed by atoms with Gasteiger partial charge in [0, 0.05) is 19.2 Å². The van der Waals surface area contributed by atoms with Crippen molar-refractivity contribution in [1.29, 1.82) is 0 Å². The van der Waals surface area contributed by atoms with Crippen LogP contribution in [0.2, 0.25) is 0 Å². The van der Waals surface area contributed by atoms with Crippen LogP contribution >= 0.6 is 0 Å². The minimum Gasteiger partial charge on any atom is -0.481 e. The number of carboxylic acid groups (broad SMARTS) is 1. The van der Waals surface area contributed by atoms with Gasteiger partial charge in [0.2, 0.25) is 5.91 Å². The second-order valence-electron chi connectivity index (χ2n) is 4.86. The van der Waals surface area contributed by atoms with Crippen LogP contribution in [0.15, 0.2) is 30.3 Å². The Morgan fingerprint density at radius 3 is 2.40 bits per heavy atom. The van der Waals surface area contributed by atoms with Crippen LogP contribution in [0.3, 0.4) is 0 Å². The highest BCUT2D eigenvalue weighted by molar-refractivity contribution is 5.92. The van der Waals surface area contributed by atoms with Gasteiger partial charge in [-0.15, -0.1) is 0 Å². The molecule has 1 aromatic carbocycles. The van der Waals surface area contributed by atoms with Gasteiger partial charge < -0.3 is 10.0 Å². The van der Waals surface area contributed by atoms with Crippen molar-refractivity contribution in [2.45, 2.75) is 20.8 Å². The lowest BCUT2D eigenvalue weighted by molar-refractivity contribution is -0.142. The molecule has 1 rings (SSSR count). The number of likely N-dealkylation sites (N-methyl/N-ethyl adjacent to an activating group) is 1. The zero-order valence-corrected chi connectivity index (χ0v) is 12.2. The van der Waals surface area contributed by atoms with Gasteiger partial charge in [-0.3, -0.25) is 9.59 Å². The fraction of sp³-hybridized carbons (Fsp3) is 0.375. The largest absolute Gasteiger partial charge is 0.481 e. The number of carbonyl (C=O) groups is 2. The van der Waals surface area contributed by atoms with Crippen molar-refractivity contribution in [2.24, 2.45) is 5.92 Å². The Bertz CT molecular complexity index is 491. The van der Waals surface area contributed by atoms with E-state index in [0.717, 1.165) is 5.56 Å². The Kier molecular flexibility index (Phi) is 5.97. The molecule has 1 atom stereocenters. The SMILES string of the molecule is CCN(CC(C)C(=O)O)C(=O)C=Cc1ccc(C)cc1. The molecule has 1 N–H and O–H groups in total. The molecule has 0 heterocycles. The summed E-state index contributed by atoms with van der Waals surface area (Å²) in [6, 6.07) is 7.84. The fourth-order valence-corrected chi connectivity index (χ4v) is 1.73. The molecule has 4 heteroatoms. The smallest absolute Gasteiger partial charge is 0.308 e. The normalized spacial score (nSPS) is 12.3. The van der Waals surface area contributed by atoms with Crippen molar-refractivity contribution in [3.05, 3.63) is 41.5 Å². The predicted molar refractivity (Wildman–Crippen MR) is 79.3 cm³/mol. The highest BCUT2D eigenvalue weighted by atomic mass is 16.4. The van der Waals surface area contributed by atoms with E-state index < -0.39 is 11.9 Å². The summed E-state index contributed by atoms with van der Waals surface area (Å²) in [6.07, 6.45) is 3.23. The summed E-state index contributed by atoms with van der Waals surface area (Å²) in [5, 5.41) is 8.89. The number of hydrogen-bond donors (Lipinski definition) is 1. The lowest BCUT2D eigenvalue weighted by atomic mass is 10.1.